The smallest absolute Gasteiger partial charge is 0.186 e. The van der Waals surface area contributed by atoms with Crippen molar-refractivity contribution in [3.05, 3.63) is 10.6 Å². The van der Waals surface area contributed by atoms with Crippen LogP contribution in [0, 0.1) is 6.92 Å². The second kappa shape index (κ2) is 6.00. The van der Waals surface area contributed by atoms with E-state index in [4.69, 9.17) is 4.98 Å². The Labute approximate surface area is 126 Å². The highest BCUT2D eigenvalue weighted by molar-refractivity contribution is 7.15. The highest BCUT2D eigenvalue weighted by Gasteiger charge is 2.35. The van der Waals surface area contributed by atoms with E-state index in [0.717, 1.165) is 25.7 Å². The lowest BCUT2D eigenvalue weighted by atomic mass is 10.1. The summed E-state index contributed by atoms with van der Waals surface area (Å²) >= 11 is 1.88. The van der Waals surface area contributed by atoms with E-state index in [9.17, 15) is 0 Å². The van der Waals surface area contributed by atoms with E-state index in [1.807, 2.05) is 11.3 Å². The number of rotatable bonds is 4. The Balaban J connectivity index is 1.74. The minimum absolute atomic E-state index is 0.585. The molecule has 3 heterocycles. The largest absolute Gasteiger partial charge is 0.343 e. The number of hydrogen-bond acceptors (Lipinski definition) is 5. The Morgan fingerprint density at radius 2 is 2.25 bits per heavy atom. The Kier molecular flexibility index (Phi) is 4.29. The number of fused-ring (bicyclic) bond motifs is 1. The third-order valence-corrected chi connectivity index (χ3v) is 5.79. The van der Waals surface area contributed by atoms with Crippen molar-refractivity contribution in [2.24, 2.45) is 0 Å². The summed E-state index contributed by atoms with van der Waals surface area (Å²) in [6.45, 7) is 12.3. The normalized spacial score (nSPS) is 27.1. The van der Waals surface area contributed by atoms with Gasteiger partial charge < -0.3 is 10.2 Å². The lowest BCUT2D eigenvalue weighted by Crippen LogP contribution is -2.55. The molecule has 2 fully saturated rings. The van der Waals surface area contributed by atoms with Gasteiger partial charge in [0.2, 0.25) is 0 Å². The van der Waals surface area contributed by atoms with Gasteiger partial charge in [-0.15, -0.1) is 11.3 Å². The first kappa shape index (κ1) is 14.3. The summed E-state index contributed by atoms with van der Waals surface area (Å²) in [7, 11) is 0. The van der Waals surface area contributed by atoms with Crippen molar-refractivity contribution in [2.45, 2.75) is 52.2 Å². The fourth-order valence-corrected chi connectivity index (χ4v) is 4.53. The van der Waals surface area contributed by atoms with E-state index < -0.39 is 0 Å². The molecule has 20 heavy (non-hydrogen) atoms. The van der Waals surface area contributed by atoms with E-state index in [1.165, 1.54) is 41.6 Å². The summed E-state index contributed by atoms with van der Waals surface area (Å²) in [5.74, 6) is 0. The zero-order valence-corrected chi connectivity index (χ0v) is 13.7. The number of piperazine rings is 1. The summed E-state index contributed by atoms with van der Waals surface area (Å²) in [4.78, 5) is 11.4. The van der Waals surface area contributed by atoms with Gasteiger partial charge in [0.1, 0.15) is 0 Å². The molecule has 3 rings (SSSR count). The van der Waals surface area contributed by atoms with Gasteiger partial charge in [-0.1, -0.05) is 6.92 Å². The van der Waals surface area contributed by atoms with Gasteiger partial charge in [-0.05, 0) is 39.8 Å². The maximum atomic E-state index is 4.84. The van der Waals surface area contributed by atoms with Crippen molar-refractivity contribution in [3.8, 4) is 0 Å². The average molecular weight is 294 g/mol. The first-order valence-electron chi connectivity index (χ1n) is 7.86. The molecule has 0 bridgehead atoms. The fourth-order valence-electron chi connectivity index (χ4n) is 3.39. The molecule has 0 spiro atoms. The predicted octanol–water partition coefficient (Wildman–Crippen LogP) is 2.23. The van der Waals surface area contributed by atoms with Crippen molar-refractivity contribution >= 4 is 16.5 Å². The third-order valence-electron chi connectivity index (χ3n) is 4.60. The van der Waals surface area contributed by atoms with Gasteiger partial charge in [0.15, 0.2) is 5.13 Å². The van der Waals surface area contributed by atoms with Gasteiger partial charge in [-0.3, -0.25) is 4.90 Å². The van der Waals surface area contributed by atoms with Crippen LogP contribution >= 0.6 is 11.3 Å². The summed E-state index contributed by atoms with van der Waals surface area (Å²) in [5.41, 5.74) is 1.20. The van der Waals surface area contributed by atoms with Crippen LogP contribution in [0.1, 0.15) is 37.3 Å². The Hall–Kier alpha value is -0.650. The second-order valence-corrected chi connectivity index (χ2v) is 7.14. The first-order chi connectivity index (χ1) is 9.69. The Bertz CT molecular complexity index is 459. The Morgan fingerprint density at radius 3 is 3.05 bits per heavy atom. The molecule has 0 aromatic carbocycles. The summed E-state index contributed by atoms with van der Waals surface area (Å²) in [6, 6.07) is 1.34. The molecule has 2 atom stereocenters. The summed E-state index contributed by atoms with van der Waals surface area (Å²) in [6.07, 6.45) is 2.73. The van der Waals surface area contributed by atoms with Gasteiger partial charge in [0.05, 0.1) is 5.69 Å². The molecule has 2 aliphatic rings. The minimum Gasteiger partial charge on any atom is -0.343 e. The molecule has 0 aliphatic carbocycles. The molecule has 0 saturated carbocycles. The summed E-state index contributed by atoms with van der Waals surface area (Å²) < 4.78 is 0. The molecule has 1 aromatic heterocycles. The molecule has 5 heteroatoms. The molecule has 2 unspecified atom stereocenters. The number of thiazole rings is 1. The molecular weight excluding hydrogens is 268 g/mol. The topological polar surface area (TPSA) is 31.4 Å². The predicted molar refractivity (Wildman–Crippen MR) is 85.6 cm³/mol. The Morgan fingerprint density at radius 1 is 1.40 bits per heavy atom. The van der Waals surface area contributed by atoms with Crippen LogP contribution in [0.2, 0.25) is 0 Å². The quantitative estimate of drug-likeness (QED) is 0.923. The zero-order chi connectivity index (χ0) is 14.1. The van der Waals surface area contributed by atoms with Crippen LogP contribution in [0.3, 0.4) is 0 Å². The SMILES string of the molecule is CCNCc1sc(N2CC3CCCN3CC2C)nc1C. The number of nitrogens with zero attached hydrogens (tertiary/aromatic N) is 3. The monoisotopic (exact) mass is 294 g/mol. The number of aryl methyl sites for hydroxylation is 1. The standard InChI is InChI=1S/C15H26N4S/c1-4-16-8-14-12(3)17-15(20-14)19-10-13-6-5-7-18(13)9-11(19)2/h11,13,16H,4-10H2,1-3H3. The number of anilines is 1. The number of hydrogen-bond donors (Lipinski definition) is 1. The molecular formula is C15H26N4S. The molecule has 1 N–H and O–H groups in total. The highest BCUT2D eigenvalue weighted by atomic mass is 32.1. The molecule has 2 saturated heterocycles. The van der Waals surface area contributed by atoms with Crippen molar-refractivity contribution < 1.29 is 0 Å². The van der Waals surface area contributed by atoms with E-state index in [0.29, 0.717) is 6.04 Å². The van der Waals surface area contributed by atoms with E-state index in [-0.39, 0.29) is 0 Å². The lowest BCUT2D eigenvalue weighted by Gasteiger charge is -2.42. The molecule has 0 amide bonds. The van der Waals surface area contributed by atoms with Gasteiger partial charge in [0.25, 0.3) is 0 Å². The van der Waals surface area contributed by atoms with Crippen LogP contribution in [-0.4, -0.2) is 48.1 Å². The van der Waals surface area contributed by atoms with Crippen LogP contribution in [-0.2, 0) is 6.54 Å². The van der Waals surface area contributed by atoms with Crippen molar-refractivity contribution in [1.29, 1.82) is 0 Å². The van der Waals surface area contributed by atoms with E-state index in [1.54, 1.807) is 0 Å². The van der Waals surface area contributed by atoms with Gasteiger partial charge in [-0.2, -0.15) is 0 Å². The third kappa shape index (κ3) is 2.71. The highest BCUT2D eigenvalue weighted by Crippen LogP contribution is 2.32. The molecule has 2 aliphatic heterocycles. The average Bonchev–Trinajstić information content (AvgIpc) is 3.01. The van der Waals surface area contributed by atoms with Crippen LogP contribution < -0.4 is 10.2 Å². The minimum atomic E-state index is 0.585. The number of aromatic nitrogens is 1. The fraction of sp³-hybridized carbons (Fsp3) is 0.800. The molecule has 0 radical (unpaired) electrons. The first-order valence-corrected chi connectivity index (χ1v) is 8.68. The van der Waals surface area contributed by atoms with Crippen molar-refractivity contribution in [3.63, 3.8) is 0 Å². The van der Waals surface area contributed by atoms with E-state index >= 15 is 0 Å². The van der Waals surface area contributed by atoms with Crippen LogP contribution in [0.15, 0.2) is 0 Å². The van der Waals surface area contributed by atoms with Crippen LogP contribution in [0.25, 0.3) is 0 Å². The second-order valence-electron chi connectivity index (χ2n) is 6.08. The molecule has 4 nitrogen and oxygen atoms in total. The number of nitrogens with one attached hydrogen (secondary N) is 1. The molecule has 1 aromatic rings. The maximum Gasteiger partial charge on any atom is 0.186 e. The van der Waals surface area contributed by atoms with Gasteiger partial charge in [-0.25, -0.2) is 4.98 Å². The van der Waals surface area contributed by atoms with Crippen LogP contribution in [0.5, 0.6) is 0 Å². The van der Waals surface area contributed by atoms with Crippen molar-refractivity contribution in [2.75, 3.05) is 31.1 Å². The van der Waals surface area contributed by atoms with Crippen molar-refractivity contribution in [1.82, 2.24) is 15.2 Å². The van der Waals surface area contributed by atoms with Crippen LogP contribution in [0.4, 0.5) is 5.13 Å². The maximum absolute atomic E-state index is 4.84. The summed E-state index contributed by atoms with van der Waals surface area (Å²) in [5, 5.41) is 4.64. The lowest BCUT2D eigenvalue weighted by molar-refractivity contribution is 0.203. The van der Waals surface area contributed by atoms with Gasteiger partial charge >= 0.3 is 0 Å². The molecule has 112 valence electrons. The van der Waals surface area contributed by atoms with Gasteiger partial charge in [0, 0.05) is 36.6 Å². The zero-order valence-electron chi connectivity index (χ0n) is 12.9. The van der Waals surface area contributed by atoms with E-state index in [2.05, 4.69) is 35.9 Å².